The highest BCUT2D eigenvalue weighted by molar-refractivity contribution is 7.87. The van der Waals surface area contributed by atoms with Crippen molar-refractivity contribution in [3.05, 3.63) is 12.2 Å². The van der Waals surface area contributed by atoms with E-state index in [1.807, 2.05) is 6.92 Å². The highest BCUT2D eigenvalue weighted by atomic mass is 32.2. The summed E-state index contributed by atoms with van der Waals surface area (Å²) in [6, 6.07) is 0. The smallest absolute Gasteiger partial charge is 0.445 e. The van der Waals surface area contributed by atoms with Gasteiger partial charge in [-0.25, -0.2) is 0 Å². The molecule has 1 heterocycles. The van der Waals surface area contributed by atoms with Crippen molar-refractivity contribution < 1.29 is 30.2 Å². The lowest BCUT2D eigenvalue weighted by atomic mass is 10.2. The second-order valence-corrected chi connectivity index (χ2v) is 5.06. The molecule has 0 saturated carbocycles. The molecule has 104 valence electrons. The van der Waals surface area contributed by atoms with Gasteiger partial charge in [0.2, 0.25) is 0 Å². The van der Waals surface area contributed by atoms with E-state index in [1.165, 1.54) is 0 Å². The fourth-order valence-electron chi connectivity index (χ4n) is 1.13. The van der Waals surface area contributed by atoms with E-state index >= 15 is 0 Å². The molecule has 0 aliphatic heterocycles. The van der Waals surface area contributed by atoms with E-state index in [2.05, 4.69) is 9.17 Å². The van der Waals surface area contributed by atoms with Crippen LogP contribution in [0.15, 0.2) is 10.7 Å². The second kappa shape index (κ2) is 5.59. The minimum atomic E-state index is -5.69. The molecule has 0 saturated heterocycles. The Morgan fingerprint density at radius 3 is 2.61 bits per heavy atom. The Kier molecular flexibility index (Phi) is 4.60. The third-order valence-electron chi connectivity index (χ3n) is 2.00. The zero-order valence-corrected chi connectivity index (χ0v) is 10.3. The molecule has 0 unspecified atom stereocenters. The molecule has 0 amide bonds. The van der Waals surface area contributed by atoms with Gasteiger partial charge in [0.25, 0.3) is 5.88 Å². The summed E-state index contributed by atoms with van der Waals surface area (Å²) in [7, 11) is -5.69. The Hall–Kier alpha value is -1.25. The first-order chi connectivity index (χ1) is 8.26. The molecule has 0 spiro atoms. The standard InChI is InChI=1S/C9H12F3NO4S/c1-2-3-4-5-7-13-8(6-16-7)17-18(14,15)9(10,11)12/h6H,2-5H2,1H3. The van der Waals surface area contributed by atoms with Crippen LogP contribution in [0.1, 0.15) is 32.1 Å². The number of unbranched alkanes of at least 4 members (excludes halogenated alkanes) is 2. The molecule has 0 aromatic carbocycles. The summed E-state index contributed by atoms with van der Waals surface area (Å²) >= 11 is 0. The van der Waals surface area contributed by atoms with Crippen LogP contribution in [0.5, 0.6) is 5.88 Å². The van der Waals surface area contributed by atoms with Gasteiger partial charge in [0.15, 0.2) is 12.2 Å². The summed E-state index contributed by atoms with van der Waals surface area (Å²) in [6.45, 7) is 1.99. The third-order valence-corrected chi connectivity index (χ3v) is 2.96. The number of hydrogen-bond acceptors (Lipinski definition) is 5. The monoisotopic (exact) mass is 287 g/mol. The maximum atomic E-state index is 12.0. The van der Waals surface area contributed by atoms with Crippen molar-refractivity contribution in [2.24, 2.45) is 0 Å². The van der Waals surface area contributed by atoms with Crippen LogP contribution in [0.3, 0.4) is 0 Å². The molecule has 0 fully saturated rings. The molecule has 1 aromatic heterocycles. The zero-order valence-electron chi connectivity index (χ0n) is 9.53. The van der Waals surface area contributed by atoms with E-state index in [9.17, 15) is 21.6 Å². The Morgan fingerprint density at radius 1 is 1.39 bits per heavy atom. The maximum absolute atomic E-state index is 12.0. The number of halogens is 3. The lowest BCUT2D eigenvalue weighted by Crippen LogP contribution is -2.28. The number of aromatic nitrogens is 1. The molecule has 1 aromatic rings. The van der Waals surface area contributed by atoms with Crippen molar-refractivity contribution in [2.75, 3.05) is 0 Å². The molecule has 0 aliphatic carbocycles. The number of hydrogen-bond donors (Lipinski definition) is 0. The lowest BCUT2D eigenvalue weighted by Gasteiger charge is -2.05. The minimum Gasteiger partial charge on any atom is -0.445 e. The second-order valence-electron chi connectivity index (χ2n) is 3.52. The van der Waals surface area contributed by atoms with Gasteiger partial charge in [-0.3, -0.25) is 0 Å². The summed E-state index contributed by atoms with van der Waals surface area (Å²) in [6.07, 6.45) is 3.79. The van der Waals surface area contributed by atoms with Gasteiger partial charge in [0.1, 0.15) is 0 Å². The van der Waals surface area contributed by atoms with Gasteiger partial charge >= 0.3 is 15.6 Å². The molecule has 5 nitrogen and oxygen atoms in total. The normalized spacial score (nSPS) is 12.7. The number of oxazole rings is 1. The Bertz CT molecular complexity index is 480. The summed E-state index contributed by atoms with van der Waals surface area (Å²) in [4.78, 5) is 3.51. The van der Waals surface area contributed by atoms with Crippen molar-refractivity contribution in [1.29, 1.82) is 0 Å². The molecule has 0 N–H and O–H groups in total. The molecule has 1 rings (SSSR count). The predicted octanol–water partition coefficient (Wildman–Crippen LogP) is 2.64. The quantitative estimate of drug-likeness (QED) is 0.457. The van der Waals surface area contributed by atoms with E-state index in [-0.39, 0.29) is 5.89 Å². The van der Waals surface area contributed by atoms with Gasteiger partial charge < -0.3 is 8.60 Å². The predicted molar refractivity (Wildman–Crippen MR) is 55.3 cm³/mol. The van der Waals surface area contributed by atoms with Gasteiger partial charge in [0, 0.05) is 6.42 Å². The molecule has 18 heavy (non-hydrogen) atoms. The van der Waals surface area contributed by atoms with Crippen LogP contribution in [-0.4, -0.2) is 18.9 Å². The minimum absolute atomic E-state index is 0.149. The average molecular weight is 287 g/mol. The van der Waals surface area contributed by atoms with E-state index < -0.39 is 21.5 Å². The molecule has 0 atom stereocenters. The topological polar surface area (TPSA) is 69.4 Å². The van der Waals surface area contributed by atoms with Crippen LogP contribution in [0.2, 0.25) is 0 Å². The first-order valence-electron chi connectivity index (χ1n) is 5.21. The van der Waals surface area contributed by atoms with Crippen LogP contribution in [-0.2, 0) is 16.5 Å². The van der Waals surface area contributed by atoms with Crippen molar-refractivity contribution >= 4 is 10.1 Å². The van der Waals surface area contributed by atoms with Crippen LogP contribution < -0.4 is 4.18 Å². The average Bonchev–Trinajstić information content (AvgIpc) is 2.63. The molecular formula is C9H12F3NO4S. The zero-order chi connectivity index (χ0) is 13.8. The fraction of sp³-hybridized carbons (Fsp3) is 0.667. The summed E-state index contributed by atoms with van der Waals surface area (Å²) < 4.78 is 65.9. The Labute approximate surface area is 102 Å². The first kappa shape index (κ1) is 14.8. The molecule has 0 aliphatic rings. The Morgan fingerprint density at radius 2 is 2.06 bits per heavy atom. The number of aryl methyl sites for hydroxylation is 1. The van der Waals surface area contributed by atoms with Crippen LogP contribution in [0.4, 0.5) is 13.2 Å². The van der Waals surface area contributed by atoms with Crippen molar-refractivity contribution in [1.82, 2.24) is 4.98 Å². The molecule has 9 heteroatoms. The van der Waals surface area contributed by atoms with Crippen molar-refractivity contribution in [3.8, 4) is 5.88 Å². The first-order valence-corrected chi connectivity index (χ1v) is 6.62. The van der Waals surface area contributed by atoms with E-state index in [0.717, 1.165) is 25.5 Å². The van der Waals surface area contributed by atoms with Gasteiger partial charge in [-0.1, -0.05) is 19.8 Å². The number of nitrogens with zero attached hydrogens (tertiary/aromatic N) is 1. The molecule has 0 radical (unpaired) electrons. The Balaban J connectivity index is 2.65. The van der Waals surface area contributed by atoms with E-state index in [4.69, 9.17) is 4.42 Å². The highest BCUT2D eigenvalue weighted by Crippen LogP contribution is 2.26. The van der Waals surface area contributed by atoms with Gasteiger partial charge in [-0.15, -0.1) is 0 Å². The van der Waals surface area contributed by atoms with Gasteiger partial charge in [-0.05, 0) is 6.42 Å². The lowest BCUT2D eigenvalue weighted by molar-refractivity contribution is -0.0501. The summed E-state index contributed by atoms with van der Waals surface area (Å²) in [5.41, 5.74) is -5.48. The van der Waals surface area contributed by atoms with Crippen molar-refractivity contribution in [2.45, 2.75) is 38.1 Å². The SMILES string of the molecule is CCCCCc1nc(OS(=O)(=O)C(F)(F)F)co1. The van der Waals surface area contributed by atoms with E-state index in [0.29, 0.717) is 6.42 Å². The summed E-state index contributed by atoms with van der Waals surface area (Å²) in [5, 5.41) is 0. The van der Waals surface area contributed by atoms with Gasteiger partial charge in [-0.2, -0.15) is 26.6 Å². The number of alkyl halides is 3. The maximum Gasteiger partial charge on any atom is 0.534 e. The van der Waals surface area contributed by atoms with Crippen LogP contribution in [0, 0.1) is 0 Å². The number of rotatable bonds is 6. The van der Waals surface area contributed by atoms with Crippen LogP contribution >= 0.6 is 0 Å². The highest BCUT2D eigenvalue weighted by Gasteiger charge is 2.49. The largest absolute Gasteiger partial charge is 0.534 e. The van der Waals surface area contributed by atoms with E-state index in [1.54, 1.807) is 0 Å². The molecular weight excluding hydrogens is 275 g/mol. The van der Waals surface area contributed by atoms with Crippen LogP contribution in [0.25, 0.3) is 0 Å². The fourth-order valence-corrected chi connectivity index (χ4v) is 1.53. The van der Waals surface area contributed by atoms with Crippen molar-refractivity contribution in [3.63, 3.8) is 0 Å². The third kappa shape index (κ3) is 3.90. The molecule has 0 bridgehead atoms. The summed E-state index contributed by atoms with van der Waals surface area (Å²) in [5.74, 6) is -0.561. The van der Waals surface area contributed by atoms with Gasteiger partial charge in [0.05, 0.1) is 0 Å².